The van der Waals surface area contributed by atoms with Crippen LogP contribution in [-0.2, 0) is 9.53 Å². The quantitative estimate of drug-likeness (QED) is 0.809. The van der Waals surface area contributed by atoms with E-state index in [0.29, 0.717) is 6.54 Å². The molecule has 2 amide bonds. The molecule has 1 atom stereocenters. The molecule has 0 aromatic carbocycles. The standard InChI is InChI=1S/C15H31N3O3/c1-14(2,3)11(12(19)16-9-10-18(7)8)17-13(20)21-15(4,5)6/h11H,9-10H2,1-8H3,(H,16,19)(H,17,20)/t11-/m1/s1. The van der Waals surface area contributed by atoms with Crippen LogP contribution in [0.3, 0.4) is 0 Å². The van der Waals surface area contributed by atoms with Crippen molar-refractivity contribution in [1.82, 2.24) is 15.5 Å². The van der Waals surface area contributed by atoms with E-state index in [1.807, 2.05) is 39.8 Å². The Bertz CT molecular complexity index is 354. The fourth-order valence-electron chi connectivity index (χ4n) is 1.61. The molecule has 2 N–H and O–H groups in total. The van der Waals surface area contributed by atoms with Crippen LogP contribution in [0.5, 0.6) is 0 Å². The second-order valence-corrected chi connectivity index (χ2v) is 7.54. The Hall–Kier alpha value is -1.30. The van der Waals surface area contributed by atoms with Gasteiger partial charge in [-0.05, 0) is 40.3 Å². The average Bonchev–Trinajstić information content (AvgIpc) is 2.21. The molecule has 21 heavy (non-hydrogen) atoms. The Morgan fingerprint density at radius 2 is 1.62 bits per heavy atom. The van der Waals surface area contributed by atoms with E-state index in [4.69, 9.17) is 4.74 Å². The smallest absolute Gasteiger partial charge is 0.408 e. The van der Waals surface area contributed by atoms with Crippen molar-refractivity contribution < 1.29 is 14.3 Å². The lowest BCUT2D eigenvalue weighted by molar-refractivity contribution is -0.125. The Balaban J connectivity index is 4.67. The normalized spacial score (nSPS) is 13.8. The summed E-state index contributed by atoms with van der Waals surface area (Å²) >= 11 is 0. The highest BCUT2D eigenvalue weighted by Gasteiger charge is 2.33. The number of hydrogen-bond donors (Lipinski definition) is 2. The first-order valence-electron chi connectivity index (χ1n) is 7.25. The summed E-state index contributed by atoms with van der Waals surface area (Å²) in [5, 5.41) is 5.50. The van der Waals surface area contributed by atoms with Crippen molar-refractivity contribution in [2.45, 2.75) is 53.2 Å². The van der Waals surface area contributed by atoms with Crippen LogP contribution in [0.1, 0.15) is 41.5 Å². The Morgan fingerprint density at radius 3 is 2.00 bits per heavy atom. The molecule has 0 aromatic heterocycles. The van der Waals surface area contributed by atoms with E-state index in [-0.39, 0.29) is 5.91 Å². The fourth-order valence-corrected chi connectivity index (χ4v) is 1.61. The summed E-state index contributed by atoms with van der Waals surface area (Å²) in [6.07, 6.45) is -0.579. The third-order valence-corrected chi connectivity index (χ3v) is 2.65. The van der Waals surface area contributed by atoms with Gasteiger partial charge >= 0.3 is 6.09 Å². The highest BCUT2D eigenvalue weighted by Crippen LogP contribution is 2.20. The highest BCUT2D eigenvalue weighted by molar-refractivity contribution is 5.86. The zero-order chi connectivity index (χ0) is 16.8. The van der Waals surface area contributed by atoms with E-state index >= 15 is 0 Å². The molecular formula is C15H31N3O3. The van der Waals surface area contributed by atoms with E-state index in [1.165, 1.54) is 0 Å². The maximum Gasteiger partial charge on any atom is 0.408 e. The summed E-state index contributed by atoms with van der Waals surface area (Å²) < 4.78 is 5.22. The average molecular weight is 301 g/mol. The van der Waals surface area contributed by atoms with Gasteiger partial charge in [0.05, 0.1) is 0 Å². The van der Waals surface area contributed by atoms with Crippen molar-refractivity contribution in [2.24, 2.45) is 5.41 Å². The molecule has 0 aliphatic heterocycles. The minimum atomic E-state index is -0.644. The van der Waals surface area contributed by atoms with Crippen LogP contribution in [0.25, 0.3) is 0 Å². The second kappa shape index (κ2) is 7.64. The number of rotatable bonds is 5. The number of likely N-dealkylation sites (N-methyl/N-ethyl adjacent to an activating group) is 1. The molecule has 0 saturated carbocycles. The molecule has 0 rings (SSSR count). The number of nitrogens with zero attached hydrogens (tertiary/aromatic N) is 1. The summed E-state index contributed by atoms with van der Waals surface area (Å²) in [5.74, 6) is -0.199. The summed E-state index contributed by atoms with van der Waals surface area (Å²) in [6, 6.07) is -0.644. The Kier molecular flexibility index (Phi) is 7.16. The number of ether oxygens (including phenoxy) is 1. The van der Waals surface area contributed by atoms with E-state index < -0.39 is 23.2 Å². The molecule has 6 heteroatoms. The van der Waals surface area contributed by atoms with E-state index in [1.54, 1.807) is 20.8 Å². The molecule has 0 spiro atoms. The topological polar surface area (TPSA) is 70.7 Å². The van der Waals surface area contributed by atoms with Gasteiger partial charge in [0.15, 0.2) is 0 Å². The van der Waals surface area contributed by atoms with Gasteiger partial charge in [0.25, 0.3) is 0 Å². The van der Waals surface area contributed by atoms with Crippen LogP contribution in [0, 0.1) is 5.41 Å². The summed E-state index contributed by atoms with van der Waals surface area (Å²) in [6.45, 7) is 12.4. The molecule has 124 valence electrons. The van der Waals surface area contributed by atoms with Crippen LogP contribution < -0.4 is 10.6 Å². The molecule has 0 fully saturated rings. The number of alkyl carbamates (subject to hydrolysis) is 1. The molecule has 0 bridgehead atoms. The third-order valence-electron chi connectivity index (χ3n) is 2.65. The van der Waals surface area contributed by atoms with E-state index in [2.05, 4.69) is 10.6 Å². The van der Waals surface area contributed by atoms with Crippen molar-refractivity contribution in [3.8, 4) is 0 Å². The van der Waals surface area contributed by atoms with Gasteiger partial charge in [-0.15, -0.1) is 0 Å². The van der Waals surface area contributed by atoms with Gasteiger partial charge in [-0.25, -0.2) is 4.79 Å². The largest absolute Gasteiger partial charge is 0.444 e. The zero-order valence-corrected chi connectivity index (χ0v) is 14.7. The molecule has 0 aliphatic rings. The van der Waals surface area contributed by atoms with Crippen molar-refractivity contribution in [3.05, 3.63) is 0 Å². The Labute approximate surface area is 128 Å². The third kappa shape index (κ3) is 9.28. The summed E-state index contributed by atoms with van der Waals surface area (Å²) in [4.78, 5) is 26.1. The summed E-state index contributed by atoms with van der Waals surface area (Å²) in [5.41, 5.74) is -0.993. The number of hydrogen-bond acceptors (Lipinski definition) is 4. The van der Waals surface area contributed by atoms with E-state index in [0.717, 1.165) is 6.54 Å². The lowest BCUT2D eigenvalue weighted by Crippen LogP contribution is -2.55. The van der Waals surface area contributed by atoms with Crippen molar-refractivity contribution in [3.63, 3.8) is 0 Å². The molecule has 6 nitrogen and oxygen atoms in total. The predicted octanol–water partition coefficient (Wildman–Crippen LogP) is 1.60. The zero-order valence-electron chi connectivity index (χ0n) is 14.7. The van der Waals surface area contributed by atoms with Gasteiger partial charge in [0.2, 0.25) is 5.91 Å². The maximum atomic E-state index is 12.3. The first kappa shape index (κ1) is 19.7. The van der Waals surface area contributed by atoms with Gasteiger partial charge < -0.3 is 20.3 Å². The fraction of sp³-hybridized carbons (Fsp3) is 0.867. The van der Waals surface area contributed by atoms with E-state index in [9.17, 15) is 9.59 Å². The number of amides is 2. The first-order valence-corrected chi connectivity index (χ1v) is 7.25. The molecular weight excluding hydrogens is 270 g/mol. The molecule has 0 saturated heterocycles. The molecule has 0 heterocycles. The van der Waals surface area contributed by atoms with Crippen LogP contribution in [-0.4, -0.2) is 55.7 Å². The van der Waals surface area contributed by atoms with Crippen LogP contribution >= 0.6 is 0 Å². The predicted molar refractivity (Wildman–Crippen MR) is 84.2 cm³/mol. The molecule has 0 aliphatic carbocycles. The SMILES string of the molecule is CN(C)CCNC(=O)[C@@H](NC(=O)OC(C)(C)C)C(C)(C)C. The highest BCUT2D eigenvalue weighted by atomic mass is 16.6. The molecule has 0 radical (unpaired) electrons. The van der Waals surface area contributed by atoms with Gasteiger partial charge in [-0.3, -0.25) is 4.79 Å². The lowest BCUT2D eigenvalue weighted by atomic mass is 9.86. The van der Waals surface area contributed by atoms with Crippen LogP contribution in [0.2, 0.25) is 0 Å². The lowest BCUT2D eigenvalue weighted by Gasteiger charge is -2.31. The van der Waals surface area contributed by atoms with Gasteiger partial charge in [-0.2, -0.15) is 0 Å². The summed E-state index contributed by atoms with van der Waals surface area (Å²) in [7, 11) is 3.87. The first-order chi connectivity index (χ1) is 9.33. The molecule has 0 unspecified atom stereocenters. The number of carbonyl (C=O) groups excluding carboxylic acids is 2. The maximum absolute atomic E-state index is 12.3. The van der Waals surface area contributed by atoms with Crippen molar-refractivity contribution in [2.75, 3.05) is 27.2 Å². The Morgan fingerprint density at radius 1 is 1.10 bits per heavy atom. The monoisotopic (exact) mass is 301 g/mol. The van der Waals surface area contributed by atoms with Gasteiger partial charge in [0.1, 0.15) is 11.6 Å². The van der Waals surface area contributed by atoms with Gasteiger partial charge in [-0.1, -0.05) is 20.8 Å². The minimum Gasteiger partial charge on any atom is -0.444 e. The van der Waals surface area contributed by atoms with Crippen molar-refractivity contribution in [1.29, 1.82) is 0 Å². The minimum absolute atomic E-state index is 0.199. The van der Waals surface area contributed by atoms with Crippen LogP contribution in [0.4, 0.5) is 4.79 Å². The number of carbonyl (C=O) groups is 2. The second-order valence-electron chi connectivity index (χ2n) is 7.54. The van der Waals surface area contributed by atoms with Gasteiger partial charge in [0, 0.05) is 13.1 Å². The molecule has 0 aromatic rings. The van der Waals surface area contributed by atoms with Crippen LogP contribution in [0.15, 0.2) is 0 Å². The number of nitrogens with one attached hydrogen (secondary N) is 2. The van der Waals surface area contributed by atoms with Crippen molar-refractivity contribution >= 4 is 12.0 Å².